The number of hydrogen-bond acceptors (Lipinski definition) is 2. The van der Waals surface area contributed by atoms with Crippen molar-refractivity contribution in [1.29, 1.82) is 0 Å². The van der Waals surface area contributed by atoms with E-state index < -0.39 is 8.07 Å². The SMILES string of the molecule is CC[Si](/C=C\CCCOC(=O)c1ccccc1)(CC)CC. The van der Waals surface area contributed by atoms with Gasteiger partial charge in [-0.05, 0) is 25.0 Å². The average Bonchev–Trinajstić information content (AvgIpc) is 2.55. The summed E-state index contributed by atoms with van der Waals surface area (Å²) >= 11 is 0. The second kappa shape index (κ2) is 9.56. The molecule has 0 N–H and O–H groups in total. The maximum absolute atomic E-state index is 11.7. The molecule has 0 aromatic heterocycles. The first-order valence-corrected chi connectivity index (χ1v) is 10.8. The molecule has 0 saturated carbocycles. The van der Waals surface area contributed by atoms with Crippen LogP contribution in [-0.2, 0) is 4.74 Å². The van der Waals surface area contributed by atoms with Gasteiger partial charge in [0.1, 0.15) is 0 Å². The third kappa shape index (κ3) is 5.88. The molecule has 0 heterocycles. The Morgan fingerprint density at radius 1 is 1.10 bits per heavy atom. The minimum atomic E-state index is -1.14. The Balaban J connectivity index is 2.27. The highest BCUT2D eigenvalue weighted by molar-refractivity contribution is 6.84. The van der Waals surface area contributed by atoms with Crippen LogP contribution in [0, 0.1) is 0 Å². The summed E-state index contributed by atoms with van der Waals surface area (Å²) < 4.78 is 5.28. The summed E-state index contributed by atoms with van der Waals surface area (Å²) in [6.07, 6.45) is 4.20. The van der Waals surface area contributed by atoms with Gasteiger partial charge in [0, 0.05) is 0 Å². The van der Waals surface area contributed by atoms with Crippen molar-refractivity contribution in [3.05, 3.63) is 47.7 Å². The Labute approximate surface area is 130 Å². The molecule has 1 aromatic rings. The van der Waals surface area contributed by atoms with Crippen LogP contribution in [-0.4, -0.2) is 20.7 Å². The fourth-order valence-corrected chi connectivity index (χ4v) is 5.33. The van der Waals surface area contributed by atoms with Gasteiger partial charge in [0.15, 0.2) is 0 Å². The molecule has 2 nitrogen and oxygen atoms in total. The van der Waals surface area contributed by atoms with Crippen molar-refractivity contribution < 1.29 is 9.53 Å². The van der Waals surface area contributed by atoms with Crippen LogP contribution in [0.25, 0.3) is 0 Å². The van der Waals surface area contributed by atoms with Gasteiger partial charge >= 0.3 is 5.97 Å². The van der Waals surface area contributed by atoms with Gasteiger partial charge in [0.25, 0.3) is 0 Å². The smallest absolute Gasteiger partial charge is 0.338 e. The van der Waals surface area contributed by atoms with E-state index in [-0.39, 0.29) is 5.97 Å². The van der Waals surface area contributed by atoms with E-state index in [1.807, 2.05) is 18.2 Å². The predicted molar refractivity (Wildman–Crippen MR) is 92.3 cm³/mol. The average molecular weight is 305 g/mol. The van der Waals surface area contributed by atoms with E-state index >= 15 is 0 Å². The summed E-state index contributed by atoms with van der Waals surface area (Å²) in [5.41, 5.74) is 3.12. The van der Waals surface area contributed by atoms with Crippen molar-refractivity contribution in [2.24, 2.45) is 0 Å². The quantitative estimate of drug-likeness (QED) is 0.355. The first kappa shape index (κ1) is 17.7. The van der Waals surface area contributed by atoms with Gasteiger partial charge in [0.2, 0.25) is 0 Å². The molecule has 0 spiro atoms. The molecule has 0 bridgehead atoms. The summed E-state index contributed by atoms with van der Waals surface area (Å²) in [7, 11) is -1.14. The summed E-state index contributed by atoms with van der Waals surface area (Å²) in [6.45, 7) is 7.43. The molecule has 0 aliphatic carbocycles. The Kier molecular flexibility index (Phi) is 8.06. The molecule has 116 valence electrons. The van der Waals surface area contributed by atoms with E-state index in [0.29, 0.717) is 12.2 Å². The molecule has 0 unspecified atom stereocenters. The lowest BCUT2D eigenvalue weighted by atomic mass is 10.2. The van der Waals surface area contributed by atoms with E-state index in [0.717, 1.165) is 12.8 Å². The minimum Gasteiger partial charge on any atom is -0.462 e. The van der Waals surface area contributed by atoms with Crippen LogP contribution in [0.2, 0.25) is 18.1 Å². The van der Waals surface area contributed by atoms with E-state index in [2.05, 4.69) is 32.5 Å². The standard InChI is InChI=1S/C18H28O2Si/c1-4-21(5-2,6-3)16-12-8-11-15-20-18(19)17-13-9-7-10-14-17/h7,9-10,12-14,16H,4-6,8,11,15H2,1-3H3/b16-12-. The normalized spacial score (nSPS) is 11.8. The monoisotopic (exact) mass is 304 g/mol. The van der Waals surface area contributed by atoms with Crippen molar-refractivity contribution in [2.45, 2.75) is 51.7 Å². The van der Waals surface area contributed by atoms with Gasteiger partial charge in [-0.1, -0.05) is 68.9 Å². The first-order valence-electron chi connectivity index (χ1n) is 8.07. The van der Waals surface area contributed by atoms with Crippen LogP contribution in [0.5, 0.6) is 0 Å². The number of benzene rings is 1. The molecule has 0 fully saturated rings. The molecule has 3 heteroatoms. The van der Waals surface area contributed by atoms with Crippen molar-refractivity contribution in [1.82, 2.24) is 0 Å². The Morgan fingerprint density at radius 3 is 2.29 bits per heavy atom. The molecule has 1 rings (SSSR count). The Hall–Kier alpha value is -1.35. The van der Waals surface area contributed by atoms with E-state index in [9.17, 15) is 4.79 Å². The molecular weight excluding hydrogens is 276 g/mol. The second-order valence-corrected chi connectivity index (χ2v) is 10.6. The minimum absolute atomic E-state index is 0.223. The highest BCUT2D eigenvalue weighted by Crippen LogP contribution is 2.21. The molecule has 0 amide bonds. The lowest BCUT2D eigenvalue weighted by Crippen LogP contribution is -2.28. The Morgan fingerprint density at radius 2 is 1.71 bits per heavy atom. The lowest BCUT2D eigenvalue weighted by molar-refractivity contribution is 0.0501. The molecule has 21 heavy (non-hydrogen) atoms. The maximum atomic E-state index is 11.7. The number of esters is 1. The van der Waals surface area contributed by atoms with Crippen LogP contribution in [0.4, 0.5) is 0 Å². The van der Waals surface area contributed by atoms with E-state index in [1.54, 1.807) is 12.1 Å². The number of allylic oxidation sites excluding steroid dienone is 1. The van der Waals surface area contributed by atoms with Crippen LogP contribution < -0.4 is 0 Å². The molecular formula is C18H28O2Si. The van der Waals surface area contributed by atoms with Crippen LogP contribution >= 0.6 is 0 Å². The first-order chi connectivity index (χ1) is 10.2. The predicted octanol–water partition coefficient (Wildman–Crippen LogP) is 5.23. The number of carbonyl (C=O) groups excluding carboxylic acids is 1. The zero-order valence-electron chi connectivity index (χ0n) is 13.6. The van der Waals surface area contributed by atoms with Gasteiger partial charge in [-0.2, -0.15) is 0 Å². The van der Waals surface area contributed by atoms with Crippen molar-refractivity contribution in [3.63, 3.8) is 0 Å². The maximum Gasteiger partial charge on any atom is 0.338 e. The number of rotatable bonds is 9. The number of carbonyl (C=O) groups is 1. The second-order valence-electron chi connectivity index (χ2n) is 5.47. The van der Waals surface area contributed by atoms with Gasteiger partial charge < -0.3 is 4.74 Å². The van der Waals surface area contributed by atoms with Gasteiger partial charge in [0.05, 0.1) is 20.2 Å². The zero-order valence-corrected chi connectivity index (χ0v) is 14.6. The highest BCUT2D eigenvalue weighted by Gasteiger charge is 2.22. The number of hydrogen-bond donors (Lipinski definition) is 0. The topological polar surface area (TPSA) is 26.3 Å². The fourth-order valence-electron chi connectivity index (χ4n) is 2.46. The summed E-state index contributed by atoms with van der Waals surface area (Å²) in [4.78, 5) is 11.7. The third-order valence-corrected chi connectivity index (χ3v) is 9.51. The van der Waals surface area contributed by atoms with Crippen molar-refractivity contribution in [3.8, 4) is 0 Å². The van der Waals surface area contributed by atoms with E-state index in [1.165, 1.54) is 18.1 Å². The molecule has 0 atom stereocenters. The van der Waals surface area contributed by atoms with Gasteiger partial charge in [-0.25, -0.2) is 4.79 Å². The van der Waals surface area contributed by atoms with Crippen LogP contribution in [0.1, 0.15) is 44.0 Å². The fraction of sp³-hybridized carbons (Fsp3) is 0.500. The van der Waals surface area contributed by atoms with Crippen molar-refractivity contribution >= 4 is 14.0 Å². The highest BCUT2D eigenvalue weighted by atomic mass is 28.3. The molecule has 0 radical (unpaired) electrons. The number of ether oxygens (including phenoxy) is 1. The summed E-state index contributed by atoms with van der Waals surface area (Å²) in [6, 6.07) is 13.1. The largest absolute Gasteiger partial charge is 0.462 e. The molecule has 0 saturated heterocycles. The number of unbranched alkanes of at least 4 members (excludes halogenated alkanes) is 1. The molecule has 0 aliphatic rings. The molecule has 0 aliphatic heterocycles. The summed E-state index contributed by atoms with van der Waals surface area (Å²) in [5, 5.41) is 0. The molecule has 1 aromatic carbocycles. The Bertz CT molecular complexity index is 428. The van der Waals surface area contributed by atoms with E-state index in [4.69, 9.17) is 4.74 Å². The van der Waals surface area contributed by atoms with Crippen molar-refractivity contribution in [2.75, 3.05) is 6.61 Å². The van der Waals surface area contributed by atoms with Crippen LogP contribution in [0.15, 0.2) is 42.1 Å². The van der Waals surface area contributed by atoms with Gasteiger partial charge in [-0.15, -0.1) is 0 Å². The summed E-state index contributed by atoms with van der Waals surface area (Å²) in [5.74, 6) is -0.223. The third-order valence-electron chi connectivity index (χ3n) is 4.34. The zero-order chi connectivity index (χ0) is 15.6. The lowest BCUT2D eigenvalue weighted by Gasteiger charge is -2.23. The van der Waals surface area contributed by atoms with Gasteiger partial charge in [-0.3, -0.25) is 0 Å². The van der Waals surface area contributed by atoms with Crippen LogP contribution in [0.3, 0.4) is 0 Å².